The van der Waals surface area contributed by atoms with Crippen molar-refractivity contribution in [2.75, 3.05) is 18.8 Å². The number of imide groups is 1. The Labute approximate surface area is 167 Å². The number of halogens is 1. The van der Waals surface area contributed by atoms with Crippen LogP contribution < -0.4 is 5.32 Å². The van der Waals surface area contributed by atoms with E-state index in [9.17, 15) is 18.8 Å². The van der Waals surface area contributed by atoms with E-state index in [4.69, 9.17) is 0 Å². The number of hydrogen-bond donors (Lipinski definition) is 1. The van der Waals surface area contributed by atoms with Crippen LogP contribution >= 0.6 is 11.8 Å². The molecule has 8 heteroatoms. The molecule has 6 nitrogen and oxygen atoms in total. The number of nitrogens with one attached hydrogen (secondary N) is 1. The van der Waals surface area contributed by atoms with Crippen LogP contribution in [0.1, 0.15) is 49.5 Å². The second-order valence-corrected chi connectivity index (χ2v) is 8.84. The van der Waals surface area contributed by atoms with Gasteiger partial charge < -0.3 is 10.2 Å². The van der Waals surface area contributed by atoms with Crippen molar-refractivity contribution < 1.29 is 18.8 Å². The van der Waals surface area contributed by atoms with Crippen molar-refractivity contribution in [3.8, 4) is 0 Å². The summed E-state index contributed by atoms with van der Waals surface area (Å²) in [6, 6.07) is 5.92. The molecule has 1 saturated carbocycles. The average molecular weight is 405 g/mol. The highest BCUT2D eigenvalue weighted by Gasteiger charge is 2.51. The first-order valence-corrected chi connectivity index (χ1v) is 10.9. The molecular formula is C20H24FN3O3S. The minimum absolute atomic E-state index is 0.290. The topological polar surface area (TPSA) is 69.7 Å². The molecule has 1 unspecified atom stereocenters. The Hall–Kier alpha value is -2.09. The van der Waals surface area contributed by atoms with Crippen LogP contribution in [-0.2, 0) is 9.59 Å². The van der Waals surface area contributed by atoms with E-state index < -0.39 is 16.9 Å². The number of rotatable bonds is 3. The predicted octanol–water partition coefficient (Wildman–Crippen LogP) is 3.04. The van der Waals surface area contributed by atoms with E-state index in [1.165, 1.54) is 17.8 Å². The van der Waals surface area contributed by atoms with Crippen LogP contribution in [0.3, 0.4) is 0 Å². The molecule has 3 fully saturated rings. The van der Waals surface area contributed by atoms with Crippen molar-refractivity contribution in [1.29, 1.82) is 0 Å². The molecule has 150 valence electrons. The van der Waals surface area contributed by atoms with E-state index in [0.717, 1.165) is 30.6 Å². The number of benzene rings is 1. The van der Waals surface area contributed by atoms with Crippen molar-refractivity contribution in [3.63, 3.8) is 0 Å². The largest absolute Gasteiger partial charge is 0.325 e. The number of nitrogens with zero attached hydrogens (tertiary/aromatic N) is 2. The Kier molecular flexibility index (Phi) is 5.31. The Morgan fingerprint density at radius 3 is 2.61 bits per heavy atom. The van der Waals surface area contributed by atoms with Gasteiger partial charge in [0, 0.05) is 17.9 Å². The zero-order valence-electron chi connectivity index (χ0n) is 15.7. The minimum Gasteiger partial charge on any atom is -0.324 e. The third-order valence-corrected chi connectivity index (χ3v) is 7.12. The Bertz CT molecular complexity index is 795. The maximum atomic E-state index is 14.2. The van der Waals surface area contributed by atoms with Crippen LogP contribution in [0, 0.1) is 5.82 Å². The monoisotopic (exact) mass is 405 g/mol. The number of thioether (sulfide) groups is 1. The molecule has 1 N–H and O–H groups in total. The summed E-state index contributed by atoms with van der Waals surface area (Å²) < 4.78 is 14.2. The van der Waals surface area contributed by atoms with Gasteiger partial charge in [0.1, 0.15) is 23.3 Å². The molecule has 1 spiro atoms. The van der Waals surface area contributed by atoms with Crippen molar-refractivity contribution in [3.05, 3.63) is 35.6 Å². The zero-order chi connectivity index (χ0) is 19.7. The standard InChI is InChI=1S/C20H24FN3O3S/c21-15-8-4-3-7-14(15)17-23(11-12-28-17)16(25)13-24-18(26)20(22-19(24)27)9-5-1-2-6-10-20/h3-4,7-8,17H,1-2,5-6,9-13H2,(H,22,27). The maximum absolute atomic E-state index is 14.2. The zero-order valence-corrected chi connectivity index (χ0v) is 16.5. The summed E-state index contributed by atoms with van der Waals surface area (Å²) in [6.07, 6.45) is 5.15. The second kappa shape index (κ2) is 7.73. The van der Waals surface area contributed by atoms with E-state index in [-0.39, 0.29) is 24.2 Å². The molecule has 1 aliphatic carbocycles. The Balaban J connectivity index is 1.49. The number of carbonyl (C=O) groups excluding carboxylic acids is 3. The van der Waals surface area contributed by atoms with Gasteiger partial charge in [0.15, 0.2) is 0 Å². The average Bonchev–Trinajstić information content (AvgIpc) is 3.15. The second-order valence-electron chi connectivity index (χ2n) is 7.65. The fourth-order valence-electron chi connectivity index (χ4n) is 4.38. The van der Waals surface area contributed by atoms with Gasteiger partial charge in [-0.15, -0.1) is 11.8 Å². The highest BCUT2D eigenvalue weighted by atomic mass is 32.2. The van der Waals surface area contributed by atoms with E-state index in [2.05, 4.69) is 5.32 Å². The van der Waals surface area contributed by atoms with Crippen LogP contribution in [0.2, 0.25) is 0 Å². The molecule has 28 heavy (non-hydrogen) atoms. The van der Waals surface area contributed by atoms with Gasteiger partial charge in [-0.1, -0.05) is 43.9 Å². The van der Waals surface area contributed by atoms with Gasteiger partial charge in [0.2, 0.25) is 5.91 Å². The molecule has 4 rings (SSSR count). The summed E-state index contributed by atoms with van der Waals surface area (Å²) in [5, 5.41) is 2.43. The summed E-state index contributed by atoms with van der Waals surface area (Å²) in [5.74, 6) is -0.281. The molecule has 2 aliphatic heterocycles. The van der Waals surface area contributed by atoms with Gasteiger partial charge in [0.05, 0.1) is 0 Å². The van der Waals surface area contributed by atoms with Gasteiger partial charge in [0.25, 0.3) is 5.91 Å². The molecule has 0 aromatic heterocycles. The lowest BCUT2D eigenvalue weighted by Gasteiger charge is -2.27. The van der Waals surface area contributed by atoms with Crippen LogP contribution in [0.25, 0.3) is 0 Å². The van der Waals surface area contributed by atoms with Gasteiger partial charge in [-0.2, -0.15) is 0 Å². The highest BCUT2D eigenvalue weighted by molar-refractivity contribution is 7.99. The summed E-state index contributed by atoms with van der Waals surface area (Å²) in [5.41, 5.74) is -0.394. The molecule has 3 aliphatic rings. The predicted molar refractivity (Wildman–Crippen MR) is 104 cm³/mol. The van der Waals surface area contributed by atoms with E-state index >= 15 is 0 Å². The summed E-state index contributed by atoms with van der Waals surface area (Å²) in [4.78, 5) is 41.1. The van der Waals surface area contributed by atoms with Crippen molar-refractivity contribution in [2.45, 2.75) is 49.4 Å². The van der Waals surface area contributed by atoms with E-state index in [1.807, 2.05) is 0 Å². The SMILES string of the molecule is O=C1NC2(CCCCCC2)C(=O)N1CC(=O)N1CCSC1c1ccccc1F. The van der Waals surface area contributed by atoms with Crippen molar-refractivity contribution >= 4 is 29.6 Å². The quantitative estimate of drug-likeness (QED) is 0.785. The molecule has 2 saturated heterocycles. The van der Waals surface area contributed by atoms with Crippen LogP contribution in [0.4, 0.5) is 9.18 Å². The first kappa shape index (κ1) is 19.2. The van der Waals surface area contributed by atoms with Gasteiger partial charge >= 0.3 is 6.03 Å². The molecule has 1 atom stereocenters. The molecule has 1 aromatic rings. The van der Waals surface area contributed by atoms with Crippen molar-refractivity contribution in [1.82, 2.24) is 15.1 Å². The lowest BCUT2D eigenvalue weighted by atomic mass is 9.90. The van der Waals surface area contributed by atoms with Gasteiger partial charge in [-0.3, -0.25) is 14.5 Å². The third-order valence-electron chi connectivity index (χ3n) is 5.88. The minimum atomic E-state index is -0.849. The highest BCUT2D eigenvalue weighted by Crippen LogP contribution is 2.39. The van der Waals surface area contributed by atoms with Crippen LogP contribution in [0.5, 0.6) is 0 Å². The molecule has 2 heterocycles. The molecule has 0 bridgehead atoms. The van der Waals surface area contributed by atoms with E-state index in [0.29, 0.717) is 30.7 Å². The maximum Gasteiger partial charge on any atom is 0.325 e. The number of amides is 4. The van der Waals surface area contributed by atoms with Crippen molar-refractivity contribution in [2.24, 2.45) is 0 Å². The number of carbonyl (C=O) groups is 3. The normalized spacial score (nSPS) is 24.5. The fourth-order valence-corrected chi connectivity index (χ4v) is 5.67. The fraction of sp³-hybridized carbons (Fsp3) is 0.550. The molecule has 0 radical (unpaired) electrons. The summed E-state index contributed by atoms with van der Waals surface area (Å²) in [6.45, 7) is 0.176. The first-order chi connectivity index (χ1) is 13.5. The van der Waals surface area contributed by atoms with Crippen LogP contribution in [0.15, 0.2) is 24.3 Å². The lowest BCUT2D eigenvalue weighted by molar-refractivity contribution is -0.139. The summed E-state index contributed by atoms with van der Waals surface area (Å²) in [7, 11) is 0. The van der Waals surface area contributed by atoms with E-state index in [1.54, 1.807) is 23.1 Å². The summed E-state index contributed by atoms with van der Waals surface area (Å²) >= 11 is 1.49. The Morgan fingerprint density at radius 2 is 1.89 bits per heavy atom. The number of hydrogen-bond acceptors (Lipinski definition) is 4. The molecule has 1 aromatic carbocycles. The first-order valence-electron chi connectivity index (χ1n) is 9.81. The third kappa shape index (κ3) is 3.38. The lowest BCUT2D eigenvalue weighted by Crippen LogP contribution is -2.47. The Morgan fingerprint density at radius 1 is 1.18 bits per heavy atom. The number of urea groups is 1. The molecular weight excluding hydrogens is 381 g/mol. The molecule has 4 amide bonds. The van der Waals surface area contributed by atoms with Gasteiger partial charge in [-0.05, 0) is 18.9 Å². The van der Waals surface area contributed by atoms with Crippen LogP contribution in [-0.4, -0.2) is 52.0 Å². The smallest absolute Gasteiger partial charge is 0.324 e. The van der Waals surface area contributed by atoms with Gasteiger partial charge in [-0.25, -0.2) is 9.18 Å².